The number of benzene rings is 1. The molecule has 1 saturated heterocycles. The SMILES string of the molecule is COc1cc(CNC(=O)Cc2c(C)nc(C)[nH]c2=O)ccc1OC[C@@H]1CCCO1. The molecule has 156 valence electrons. The first-order chi connectivity index (χ1) is 14.0. The van der Waals surface area contributed by atoms with E-state index in [0.717, 1.165) is 25.0 Å². The van der Waals surface area contributed by atoms with Crippen molar-refractivity contribution >= 4 is 5.91 Å². The lowest BCUT2D eigenvalue weighted by atomic mass is 10.1. The zero-order valence-corrected chi connectivity index (χ0v) is 17.0. The van der Waals surface area contributed by atoms with Crippen LogP contribution in [-0.2, 0) is 22.5 Å². The van der Waals surface area contributed by atoms with Gasteiger partial charge in [0.25, 0.3) is 5.56 Å². The molecule has 3 rings (SSSR count). The molecule has 0 spiro atoms. The van der Waals surface area contributed by atoms with E-state index in [0.29, 0.717) is 41.7 Å². The molecule has 0 aliphatic carbocycles. The molecule has 2 aromatic rings. The van der Waals surface area contributed by atoms with E-state index in [1.54, 1.807) is 21.0 Å². The zero-order chi connectivity index (χ0) is 20.8. The van der Waals surface area contributed by atoms with Gasteiger partial charge in [-0.3, -0.25) is 9.59 Å². The molecule has 8 nitrogen and oxygen atoms in total. The minimum atomic E-state index is -0.278. The molecule has 1 fully saturated rings. The third-order valence-corrected chi connectivity index (χ3v) is 4.84. The Morgan fingerprint density at radius 2 is 2.17 bits per heavy atom. The number of amides is 1. The molecule has 0 bridgehead atoms. The number of hydrogen-bond acceptors (Lipinski definition) is 6. The summed E-state index contributed by atoms with van der Waals surface area (Å²) in [5.41, 5.74) is 1.53. The van der Waals surface area contributed by atoms with Gasteiger partial charge in [-0.05, 0) is 44.4 Å². The minimum Gasteiger partial charge on any atom is -0.493 e. The third kappa shape index (κ3) is 5.57. The van der Waals surface area contributed by atoms with Crippen LogP contribution >= 0.6 is 0 Å². The number of nitrogens with zero attached hydrogens (tertiary/aromatic N) is 1. The fourth-order valence-corrected chi connectivity index (χ4v) is 3.28. The number of carbonyl (C=O) groups excluding carboxylic acids is 1. The van der Waals surface area contributed by atoms with Crippen LogP contribution in [0.2, 0.25) is 0 Å². The normalized spacial score (nSPS) is 15.9. The van der Waals surface area contributed by atoms with Gasteiger partial charge in [-0.15, -0.1) is 0 Å². The predicted molar refractivity (Wildman–Crippen MR) is 107 cm³/mol. The van der Waals surface area contributed by atoms with Crippen molar-refractivity contribution in [1.82, 2.24) is 15.3 Å². The highest BCUT2D eigenvalue weighted by atomic mass is 16.5. The Balaban J connectivity index is 1.57. The molecule has 8 heteroatoms. The van der Waals surface area contributed by atoms with Crippen LogP contribution in [0.15, 0.2) is 23.0 Å². The van der Waals surface area contributed by atoms with Crippen molar-refractivity contribution in [1.29, 1.82) is 0 Å². The number of aryl methyl sites for hydroxylation is 2. The van der Waals surface area contributed by atoms with E-state index in [-0.39, 0.29) is 24.0 Å². The molecule has 29 heavy (non-hydrogen) atoms. The van der Waals surface area contributed by atoms with E-state index in [4.69, 9.17) is 14.2 Å². The molecule has 1 aliphatic heterocycles. The summed E-state index contributed by atoms with van der Waals surface area (Å²) >= 11 is 0. The van der Waals surface area contributed by atoms with Crippen LogP contribution in [-0.4, -0.2) is 42.3 Å². The standard InChI is InChI=1S/C21H27N3O5/c1-13-17(21(26)24-14(2)23-13)10-20(25)22-11-15-6-7-18(19(9-15)27-3)29-12-16-5-4-8-28-16/h6-7,9,16H,4-5,8,10-12H2,1-3H3,(H,22,25)(H,23,24,26)/t16-/m0/s1. The number of H-pyrrole nitrogens is 1. The lowest BCUT2D eigenvalue weighted by Crippen LogP contribution is -2.29. The summed E-state index contributed by atoms with van der Waals surface area (Å²) < 4.78 is 16.8. The maximum atomic E-state index is 12.3. The molecule has 1 atom stereocenters. The second-order valence-electron chi connectivity index (χ2n) is 7.10. The van der Waals surface area contributed by atoms with Gasteiger partial charge in [-0.2, -0.15) is 0 Å². The van der Waals surface area contributed by atoms with Crippen LogP contribution in [0.3, 0.4) is 0 Å². The average molecular weight is 401 g/mol. The van der Waals surface area contributed by atoms with Crippen molar-refractivity contribution in [2.24, 2.45) is 0 Å². The Bertz CT molecular complexity index is 919. The van der Waals surface area contributed by atoms with Gasteiger partial charge in [-0.1, -0.05) is 6.07 Å². The highest BCUT2D eigenvalue weighted by molar-refractivity contribution is 5.78. The van der Waals surface area contributed by atoms with Crippen molar-refractivity contribution < 1.29 is 19.0 Å². The van der Waals surface area contributed by atoms with E-state index in [9.17, 15) is 9.59 Å². The largest absolute Gasteiger partial charge is 0.493 e. The van der Waals surface area contributed by atoms with Crippen molar-refractivity contribution in [2.75, 3.05) is 20.3 Å². The second kappa shape index (κ2) is 9.56. The van der Waals surface area contributed by atoms with Gasteiger partial charge >= 0.3 is 0 Å². The third-order valence-electron chi connectivity index (χ3n) is 4.84. The maximum absolute atomic E-state index is 12.3. The monoisotopic (exact) mass is 401 g/mol. The highest BCUT2D eigenvalue weighted by Gasteiger charge is 2.17. The summed E-state index contributed by atoms with van der Waals surface area (Å²) in [5, 5.41) is 2.83. The quantitative estimate of drug-likeness (QED) is 0.699. The lowest BCUT2D eigenvalue weighted by Gasteiger charge is -2.15. The zero-order valence-electron chi connectivity index (χ0n) is 17.0. The maximum Gasteiger partial charge on any atom is 0.254 e. The first kappa shape index (κ1) is 20.9. The van der Waals surface area contributed by atoms with E-state index in [2.05, 4.69) is 15.3 Å². The number of carbonyl (C=O) groups is 1. The molecular formula is C21H27N3O5. The number of aromatic nitrogens is 2. The molecule has 0 radical (unpaired) electrons. The van der Waals surface area contributed by atoms with Crippen molar-refractivity contribution in [3.8, 4) is 11.5 Å². The van der Waals surface area contributed by atoms with Crippen LogP contribution < -0.4 is 20.3 Å². The van der Waals surface area contributed by atoms with E-state index < -0.39 is 0 Å². The summed E-state index contributed by atoms with van der Waals surface area (Å²) in [6.07, 6.45) is 2.18. The Kier molecular flexibility index (Phi) is 6.87. The Labute approximate surface area is 169 Å². The molecule has 2 heterocycles. The molecule has 2 N–H and O–H groups in total. The molecule has 1 aromatic carbocycles. The van der Waals surface area contributed by atoms with Crippen LogP contribution in [0.5, 0.6) is 11.5 Å². The summed E-state index contributed by atoms with van der Waals surface area (Å²) in [6, 6.07) is 5.53. The van der Waals surface area contributed by atoms with Gasteiger partial charge in [0.15, 0.2) is 11.5 Å². The van der Waals surface area contributed by atoms with E-state index in [1.165, 1.54) is 0 Å². The number of rotatable bonds is 8. The predicted octanol–water partition coefficient (Wildman–Crippen LogP) is 1.81. The van der Waals surface area contributed by atoms with Crippen LogP contribution in [0.4, 0.5) is 0 Å². The summed E-state index contributed by atoms with van der Waals surface area (Å²) in [7, 11) is 1.58. The first-order valence-corrected chi connectivity index (χ1v) is 9.70. The molecule has 0 saturated carbocycles. The molecule has 0 unspecified atom stereocenters. The van der Waals surface area contributed by atoms with Crippen molar-refractivity contribution in [3.63, 3.8) is 0 Å². The summed E-state index contributed by atoms with van der Waals surface area (Å²) in [5.74, 6) is 1.53. The summed E-state index contributed by atoms with van der Waals surface area (Å²) in [4.78, 5) is 31.2. The average Bonchev–Trinajstić information content (AvgIpc) is 3.21. The molecular weight excluding hydrogens is 374 g/mol. The number of methoxy groups -OCH3 is 1. The fraction of sp³-hybridized carbons (Fsp3) is 0.476. The molecule has 1 aliphatic rings. The Morgan fingerprint density at radius 1 is 1.34 bits per heavy atom. The van der Waals surface area contributed by atoms with E-state index in [1.807, 2.05) is 18.2 Å². The van der Waals surface area contributed by atoms with Gasteiger partial charge in [0.05, 0.1) is 19.6 Å². The van der Waals surface area contributed by atoms with Gasteiger partial charge in [0, 0.05) is 24.4 Å². The Hall–Kier alpha value is -2.87. The second-order valence-corrected chi connectivity index (χ2v) is 7.10. The number of aromatic amines is 1. The van der Waals surface area contributed by atoms with Gasteiger partial charge in [-0.25, -0.2) is 4.98 Å². The highest BCUT2D eigenvalue weighted by Crippen LogP contribution is 2.29. The lowest BCUT2D eigenvalue weighted by molar-refractivity contribution is -0.120. The molecule has 1 amide bonds. The van der Waals surface area contributed by atoms with Gasteiger partial charge < -0.3 is 24.5 Å². The van der Waals surface area contributed by atoms with Crippen molar-refractivity contribution in [3.05, 3.63) is 51.2 Å². The van der Waals surface area contributed by atoms with Crippen LogP contribution in [0.1, 0.15) is 35.5 Å². The minimum absolute atomic E-state index is 0.0197. The first-order valence-electron chi connectivity index (χ1n) is 9.70. The number of ether oxygens (including phenoxy) is 3. The number of nitrogens with one attached hydrogen (secondary N) is 2. The van der Waals surface area contributed by atoms with Crippen molar-refractivity contribution in [2.45, 2.75) is 45.8 Å². The van der Waals surface area contributed by atoms with Gasteiger partial charge in [0.2, 0.25) is 5.91 Å². The smallest absolute Gasteiger partial charge is 0.254 e. The van der Waals surface area contributed by atoms with Crippen LogP contribution in [0, 0.1) is 13.8 Å². The molecule has 1 aromatic heterocycles. The topological polar surface area (TPSA) is 103 Å². The number of hydrogen-bond donors (Lipinski definition) is 2. The van der Waals surface area contributed by atoms with Crippen LogP contribution in [0.25, 0.3) is 0 Å². The van der Waals surface area contributed by atoms with E-state index >= 15 is 0 Å². The summed E-state index contributed by atoms with van der Waals surface area (Å²) in [6.45, 7) is 5.03. The fourth-order valence-electron chi connectivity index (χ4n) is 3.28. The van der Waals surface area contributed by atoms with Gasteiger partial charge in [0.1, 0.15) is 12.4 Å². The Morgan fingerprint density at radius 3 is 2.86 bits per heavy atom.